The van der Waals surface area contributed by atoms with Crippen LogP contribution in [0.15, 0.2) is 36.4 Å². The highest BCUT2D eigenvalue weighted by atomic mass is 35.5. The van der Waals surface area contributed by atoms with Gasteiger partial charge in [-0.3, -0.25) is 4.79 Å². The normalized spacial score (nSPS) is 13.8. The molecule has 0 amide bonds. The average molecular weight is 306 g/mol. The Morgan fingerprint density at radius 1 is 1.05 bits per heavy atom. The molecule has 0 saturated heterocycles. The van der Waals surface area contributed by atoms with Crippen LogP contribution in [0, 0.1) is 12.1 Å². The third-order valence-corrected chi connectivity index (χ3v) is 4.04. The van der Waals surface area contributed by atoms with Gasteiger partial charge >= 0.3 is 0 Å². The van der Waals surface area contributed by atoms with Crippen molar-refractivity contribution in [2.24, 2.45) is 0 Å². The molecule has 3 rings (SSSR count). The standard InChI is InChI=1S/C15H9Cl2NO2/c1-8-4-2-3-5-9(8)14-15(19)10-6-11(16)12(17)7-13(10)18(14)20/h2-7H,1H3. The quantitative estimate of drug-likeness (QED) is 0.587. The molecule has 0 atom stereocenters. The van der Waals surface area contributed by atoms with Crippen LogP contribution in [0.2, 0.25) is 10.0 Å². The van der Waals surface area contributed by atoms with Crippen molar-refractivity contribution in [3.8, 4) is 0 Å². The Hall–Kier alpha value is -1.84. The zero-order valence-corrected chi connectivity index (χ0v) is 12.0. The van der Waals surface area contributed by atoms with Crippen LogP contribution in [0.25, 0.3) is 0 Å². The summed E-state index contributed by atoms with van der Waals surface area (Å²) in [5, 5.41) is 12.9. The molecule has 1 aliphatic heterocycles. The number of fused-ring (bicyclic) bond motifs is 1. The first kappa shape index (κ1) is 13.2. The van der Waals surface area contributed by atoms with Gasteiger partial charge in [0.05, 0.1) is 15.6 Å². The Labute approximate surface area is 125 Å². The second-order valence-corrected chi connectivity index (χ2v) is 5.38. The van der Waals surface area contributed by atoms with Crippen LogP contribution in [0.4, 0.5) is 5.69 Å². The fraction of sp³-hybridized carbons (Fsp3) is 0.0667. The molecule has 2 aromatic rings. The molecule has 0 aromatic heterocycles. The summed E-state index contributed by atoms with van der Waals surface area (Å²) in [6, 6.07) is 10.1. The summed E-state index contributed by atoms with van der Waals surface area (Å²) in [6.45, 7) is 1.85. The van der Waals surface area contributed by atoms with E-state index in [1.54, 1.807) is 12.1 Å². The van der Waals surface area contributed by atoms with E-state index in [0.29, 0.717) is 10.3 Å². The van der Waals surface area contributed by atoms with E-state index in [4.69, 9.17) is 23.2 Å². The first-order valence-electron chi connectivity index (χ1n) is 5.94. The van der Waals surface area contributed by atoms with Gasteiger partial charge in [0.15, 0.2) is 0 Å². The summed E-state index contributed by atoms with van der Waals surface area (Å²) in [5.41, 5.74) is 2.12. The summed E-state index contributed by atoms with van der Waals surface area (Å²) in [7, 11) is 0. The second kappa shape index (κ2) is 4.62. The minimum atomic E-state index is -0.331. The number of halogens is 2. The lowest BCUT2D eigenvalue weighted by Gasteiger charge is -2.04. The van der Waals surface area contributed by atoms with Crippen molar-refractivity contribution < 1.29 is 9.53 Å². The number of nitrogens with zero attached hydrogens (tertiary/aromatic N) is 1. The molecular weight excluding hydrogens is 297 g/mol. The fourth-order valence-corrected chi connectivity index (χ4v) is 2.62. The monoisotopic (exact) mass is 305 g/mol. The molecule has 20 heavy (non-hydrogen) atoms. The van der Waals surface area contributed by atoms with Gasteiger partial charge in [0.1, 0.15) is 5.56 Å². The molecule has 0 unspecified atom stereocenters. The molecule has 0 bridgehead atoms. The molecule has 1 heterocycles. The van der Waals surface area contributed by atoms with Crippen molar-refractivity contribution in [2.75, 3.05) is 0 Å². The van der Waals surface area contributed by atoms with Crippen molar-refractivity contribution in [2.45, 2.75) is 6.92 Å². The van der Waals surface area contributed by atoms with Gasteiger partial charge in [0, 0.05) is 6.07 Å². The molecule has 2 aromatic carbocycles. The van der Waals surface area contributed by atoms with Crippen LogP contribution in [-0.2, 0) is 0 Å². The van der Waals surface area contributed by atoms with E-state index < -0.39 is 0 Å². The molecule has 0 aliphatic carbocycles. The highest BCUT2D eigenvalue weighted by Crippen LogP contribution is 2.35. The summed E-state index contributed by atoms with van der Waals surface area (Å²) >= 11 is 11.8. The number of ketones is 1. The molecule has 1 aliphatic rings. The molecule has 5 heteroatoms. The molecule has 3 nitrogen and oxygen atoms in total. The highest BCUT2D eigenvalue weighted by Gasteiger charge is 2.37. The first-order chi connectivity index (χ1) is 9.50. The third-order valence-electron chi connectivity index (χ3n) is 3.32. The summed E-state index contributed by atoms with van der Waals surface area (Å²) < 4.78 is 0.627. The maximum atomic E-state index is 12.4. The van der Waals surface area contributed by atoms with Crippen molar-refractivity contribution in [1.29, 1.82) is 0 Å². The maximum absolute atomic E-state index is 12.4. The van der Waals surface area contributed by atoms with Gasteiger partial charge in [-0.1, -0.05) is 41.4 Å². The number of rotatable bonds is 1. The molecule has 0 saturated carbocycles. The summed E-state index contributed by atoms with van der Waals surface area (Å²) in [5.74, 6) is -0.331. The van der Waals surface area contributed by atoms with Crippen LogP contribution in [0.3, 0.4) is 0 Å². The smallest absolute Gasteiger partial charge is 0.273 e. The molecule has 0 fully saturated rings. The minimum absolute atomic E-state index is 0.108. The molecular formula is C15H9Cl2NO2. The van der Waals surface area contributed by atoms with Crippen LogP contribution >= 0.6 is 23.2 Å². The van der Waals surface area contributed by atoms with Crippen molar-refractivity contribution >= 4 is 40.4 Å². The van der Waals surface area contributed by atoms with E-state index in [1.807, 2.05) is 19.1 Å². The SMILES string of the molecule is Cc1ccccc1C1=[N+]([O-])c2cc(Cl)c(Cl)cc2C1=O. The van der Waals surface area contributed by atoms with E-state index >= 15 is 0 Å². The van der Waals surface area contributed by atoms with E-state index in [2.05, 4.69) is 0 Å². The lowest BCUT2D eigenvalue weighted by molar-refractivity contribution is -0.355. The number of carbonyl (C=O) groups is 1. The van der Waals surface area contributed by atoms with Crippen LogP contribution in [0.5, 0.6) is 0 Å². The molecule has 0 radical (unpaired) electrons. The number of carbonyl (C=O) groups excluding carboxylic acids is 1. The summed E-state index contributed by atoms with van der Waals surface area (Å²) in [4.78, 5) is 12.4. The predicted molar refractivity (Wildman–Crippen MR) is 79.4 cm³/mol. The Kier molecular flexibility index (Phi) is 3.04. The topological polar surface area (TPSA) is 43.1 Å². The Morgan fingerprint density at radius 3 is 2.40 bits per heavy atom. The number of aryl methyl sites for hydroxylation is 1. The second-order valence-electron chi connectivity index (χ2n) is 4.57. The number of hydrogen-bond acceptors (Lipinski definition) is 2. The van der Waals surface area contributed by atoms with E-state index in [1.165, 1.54) is 12.1 Å². The van der Waals surface area contributed by atoms with Gasteiger partial charge < -0.3 is 5.21 Å². The van der Waals surface area contributed by atoms with Gasteiger partial charge in [-0.05, 0) is 24.6 Å². The van der Waals surface area contributed by atoms with Gasteiger partial charge in [-0.15, -0.1) is 0 Å². The zero-order chi connectivity index (χ0) is 14.4. The Bertz CT molecular complexity index is 781. The molecule has 100 valence electrons. The molecule has 0 spiro atoms. The lowest BCUT2D eigenvalue weighted by atomic mass is 9.99. The van der Waals surface area contributed by atoms with Crippen LogP contribution < -0.4 is 0 Å². The maximum Gasteiger partial charge on any atom is 0.273 e. The Morgan fingerprint density at radius 2 is 1.70 bits per heavy atom. The van der Waals surface area contributed by atoms with Crippen LogP contribution in [-0.4, -0.2) is 16.2 Å². The highest BCUT2D eigenvalue weighted by molar-refractivity contribution is 6.53. The summed E-state index contributed by atoms with van der Waals surface area (Å²) in [6.07, 6.45) is 0. The Balaban J connectivity index is 2.25. The van der Waals surface area contributed by atoms with Crippen molar-refractivity contribution in [3.63, 3.8) is 0 Å². The first-order valence-corrected chi connectivity index (χ1v) is 6.70. The third kappa shape index (κ3) is 1.82. The molecule has 0 N–H and O–H groups in total. The van der Waals surface area contributed by atoms with Gasteiger partial charge in [0.25, 0.3) is 11.5 Å². The van der Waals surface area contributed by atoms with Crippen molar-refractivity contribution in [1.82, 2.24) is 0 Å². The van der Waals surface area contributed by atoms with E-state index in [0.717, 1.165) is 5.56 Å². The number of hydrogen-bond donors (Lipinski definition) is 0. The number of benzene rings is 2. The van der Waals surface area contributed by atoms with E-state index in [9.17, 15) is 10.0 Å². The largest absolute Gasteiger partial charge is 0.618 e. The number of Topliss-reactive ketones (excluding diaryl/α,β-unsaturated/α-hetero) is 1. The van der Waals surface area contributed by atoms with Gasteiger partial charge in [-0.25, -0.2) is 0 Å². The average Bonchev–Trinajstić information content (AvgIpc) is 2.64. The zero-order valence-electron chi connectivity index (χ0n) is 10.5. The van der Waals surface area contributed by atoms with Gasteiger partial charge in [0.2, 0.25) is 5.69 Å². The predicted octanol–water partition coefficient (Wildman–Crippen LogP) is 4.13. The fourth-order valence-electron chi connectivity index (χ4n) is 2.30. The van der Waals surface area contributed by atoms with Crippen LogP contribution in [0.1, 0.15) is 21.5 Å². The van der Waals surface area contributed by atoms with Gasteiger partial charge in [-0.2, -0.15) is 4.74 Å². The lowest BCUT2D eigenvalue weighted by Crippen LogP contribution is -2.17. The minimum Gasteiger partial charge on any atom is -0.618 e. The van der Waals surface area contributed by atoms with E-state index in [-0.39, 0.29) is 32.8 Å². The van der Waals surface area contributed by atoms with Crippen molar-refractivity contribution in [3.05, 3.63) is 68.3 Å².